The Morgan fingerprint density at radius 2 is 1.44 bits per heavy atom. The molecule has 0 aliphatic carbocycles. The Bertz CT molecular complexity index is 1330. The summed E-state index contributed by atoms with van der Waals surface area (Å²) in [6.07, 6.45) is -3.13. The van der Waals surface area contributed by atoms with E-state index >= 15 is 0 Å². The summed E-state index contributed by atoms with van der Waals surface area (Å²) in [5.41, 5.74) is 2.58. The summed E-state index contributed by atoms with van der Waals surface area (Å²) in [5.74, 6) is -4.19. The summed E-state index contributed by atoms with van der Waals surface area (Å²) in [6, 6.07) is 20.4. The highest BCUT2D eigenvalue weighted by Crippen LogP contribution is 2.23. The van der Waals surface area contributed by atoms with Gasteiger partial charge in [0.05, 0.1) is 19.1 Å². The zero-order valence-electron chi connectivity index (χ0n) is 22.8. The molecule has 0 saturated heterocycles. The number of nitrogens with zero attached hydrogens (tertiary/aromatic N) is 1. The molecular formula is C29H31F3N4O7. The van der Waals surface area contributed by atoms with Gasteiger partial charge in [-0.2, -0.15) is 13.2 Å². The number of anilines is 1. The van der Waals surface area contributed by atoms with E-state index in [4.69, 9.17) is 9.90 Å². The van der Waals surface area contributed by atoms with Crippen LogP contribution in [0, 0.1) is 0 Å². The van der Waals surface area contributed by atoms with Gasteiger partial charge in [0.1, 0.15) is 11.9 Å². The number of amides is 2. The first-order chi connectivity index (χ1) is 20.4. The molecule has 6 N–H and O–H groups in total. The molecule has 1 unspecified atom stereocenters. The molecule has 0 aliphatic rings. The number of carboxylic acids is 2. The van der Waals surface area contributed by atoms with Gasteiger partial charge in [-0.05, 0) is 35.2 Å². The monoisotopic (exact) mass is 604 g/mol. The molecule has 0 saturated carbocycles. The predicted molar refractivity (Wildman–Crippen MR) is 150 cm³/mol. The Kier molecular flexibility index (Phi) is 13.6. The first-order valence-corrected chi connectivity index (χ1v) is 12.9. The molecule has 0 spiro atoms. The van der Waals surface area contributed by atoms with Gasteiger partial charge < -0.3 is 31.3 Å². The number of rotatable bonds is 13. The Hall–Kier alpha value is -4.98. The predicted octanol–water partition coefficient (Wildman–Crippen LogP) is 3.38. The number of aromatic nitrogens is 1. The van der Waals surface area contributed by atoms with Crippen LogP contribution in [0.1, 0.15) is 30.9 Å². The number of benzene rings is 2. The average molecular weight is 605 g/mol. The molecule has 2 amide bonds. The number of aliphatic hydroxyl groups excluding tert-OH is 1. The van der Waals surface area contributed by atoms with Crippen LogP contribution in [0.4, 0.5) is 19.0 Å². The van der Waals surface area contributed by atoms with Crippen molar-refractivity contribution in [3.8, 4) is 11.1 Å². The number of hydrogen-bond acceptors (Lipinski definition) is 7. The van der Waals surface area contributed by atoms with Crippen LogP contribution in [0.2, 0.25) is 0 Å². The summed E-state index contributed by atoms with van der Waals surface area (Å²) in [7, 11) is 0. The first kappa shape index (κ1) is 34.2. The third-order valence-electron chi connectivity index (χ3n) is 5.74. The molecule has 0 aliphatic heterocycles. The number of halogens is 3. The first-order valence-electron chi connectivity index (χ1n) is 12.9. The van der Waals surface area contributed by atoms with Gasteiger partial charge in [-0.1, -0.05) is 60.7 Å². The third kappa shape index (κ3) is 12.6. The van der Waals surface area contributed by atoms with Crippen LogP contribution in [0.25, 0.3) is 11.1 Å². The van der Waals surface area contributed by atoms with E-state index in [1.165, 1.54) is 0 Å². The molecule has 43 heavy (non-hydrogen) atoms. The molecule has 0 radical (unpaired) electrons. The van der Waals surface area contributed by atoms with E-state index in [0.29, 0.717) is 24.3 Å². The fraction of sp³-hybridized carbons (Fsp3) is 0.276. The highest BCUT2D eigenvalue weighted by atomic mass is 19.4. The van der Waals surface area contributed by atoms with E-state index < -0.39 is 48.6 Å². The van der Waals surface area contributed by atoms with Crippen LogP contribution >= 0.6 is 0 Å². The summed E-state index contributed by atoms with van der Waals surface area (Å²) in [6.45, 7) is -0.101. The zero-order valence-corrected chi connectivity index (χ0v) is 22.8. The summed E-state index contributed by atoms with van der Waals surface area (Å²) in [4.78, 5) is 49.5. The maximum absolute atomic E-state index is 12.8. The van der Waals surface area contributed by atoms with Crippen molar-refractivity contribution in [3.05, 3.63) is 84.6 Å². The van der Waals surface area contributed by atoms with Crippen molar-refractivity contribution in [1.29, 1.82) is 0 Å². The zero-order chi connectivity index (χ0) is 31.8. The topological polar surface area (TPSA) is 178 Å². The molecule has 2 aromatic carbocycles. The molecule has 2 atom stereocenters. The van der Waals surface area contributed by atoms with Gasteiger partial charge in [-0.15, -0.1) is 0 Å². The van der Waals surface area contributed by atoms with Gasteiger partial charge in [0, 0.05) is 19.2 Å². The molecule has 0 fully saturated rings. The highest BCUT2D eigenvalue weighted by Gasteiger charge is 2.38. The number of aliphatic carboxylic acids is 2. The second-order valence-electron chi connectivity index (χ2n) is 9.00. The van der Waals surface area contributed by atoms with Gasteiger partial charge in [-0.3, -0.25) is 14.4 Å². The molecule has 1 aromatic heterocycles. The van der Waals surface area contributed by atoms with Crippen LogP contribution in [0.3, 0.4) is 0 Å². The number of pyridine rings is 1. The number of carbonyl (C=O) groups excluding carboxylic acids is 2. The van der Waals surface area contributed by atoms with Gasteiger partial charge in [0.15, 0.2) is 0 Å². The fourth-order valence-electron chi connectivity index (χ4n) is 3.63. The van der Waals surface area contributed by atoms with E-state index in [-0.39, 0.29) is 12.8 Å². The van der Waals surface area contributed by atoms with Gasteiger partial charge in [0.25, 0.3) is 0 Å². The lowest BCUT2D eigenvalue weighted by Crippen LogP contribution is -2.50. The Balaban J connectivity index is 0.000000821. The van der Waals surface area contributed by atoms with Crippen molar-refractivity contribution < 1.29 is 47.7 Å². The van der Waals surface area contributed by atoms with Crippen molar-refractivity contribution in [2.75, 3.05) is 18.5 Å². The van der Waals surface area contributed by atoms with E-state index in [1.807, 2.05) is 54.6 Å². The summed E-state index contributed by atoms with van der Waals surface area (Å²) < 4.78 is 31.7. The smallest absolute Gasteiger partial charge is 0.481 e. The number of aliphatic hydroxyl groups is 1. The Morgan fingerprint density at radius 3 is 1.98 bits per heavy atom. The number of nitrogens with one attached hydrogen (secondary N) is 3. The number of carboxylic acid groups (broad SMARTS) is 2. The number of alkyl halides is 3. The SMILES string of the molecule is O=C(O)C(F)(F)F.O=C(O)CC(NC(=O)[C@@H](CO)NC(=O)CCCNc1ccccn1)c1ccc(-c2ccccc2)cc1. The molecule has 0 bridgehead atoms. The number of carbonyl (C=O) groups is 4. The summed E-state index contributed by atoms with van der Waals surface area (Å²) >= 11 is 0. The normalized spacial score (nSPS) is 12.1. The minimum Gasteiger partial charge on any atom is -0.481 e. The lowest BCUT2D eigenvalue weighted by atomic mass is 9.99. The molecule has 230 valence electrons. The van der Waals surface area contributed by atoms with Crippen molar-refractivity contribution in [2.24, 2.45) is 0 Å². The third-order valence-corrected chi connectivity index (χ3v) is 5.74. The van der Waals surface area contributed by atoms with Crippen LogP contribution in [-0.2, 0) is 19.2 Å². The lowest BCUT2D eigenvalue weighted by Gasteiger charge is -2.22. The quantitative estimate of drug-likeness (QED) is 0.160. The second-order valence-corrected chi connectivity index (χ2v) is 9.00. The van der Waals surface area contributed by atoms with E-state index in [0.717, 1.165) is 11.1 Å². The molecule has 11 nitrogen and oxygen atoms in total. The van der Waals surface area contributed by atoms with Crippen LogP contribution in [0.15, 0.2) is 79.0 Å². The Morgan fingerprint density at radius 1 is 0.837 bits per heavy atom. The van der Waals surface area contributed by atoms with E-state index in [9.17, 15) is 37.8 Å². The lowest BCUT2D eigenvalue weighted by molar-refractivity contribution is -0.192. The highest BCUT2D eigenvalue weighted by molar-refractivity contribution is 5.88. The molecule has 3 aromatic rings. The molecule has 3 rings (SSSR count). The Labute approximate surface area is 244 Å². The molecule has 1 heterocycles. The van der Waals surface area contributed by atoms with Gasteiger partial charge >= 0.3 is 18.1 Å². The van der Waals surface area contributed by atoms with E-state index in [2.05, 4.69) is 20.9 Å². The van der Waals surface area contributed by atoms with Crippen LogP contribution < -0.4 is 16.0 Å². The fourth-order valence-corrected chi connectivity index (χ4v) is 3.63. The van der Waals surface area contributed by atoms with Crippen molar-refractivity contribution in [2.45, 2.75) is 37.5 Å². The molecule has 14 heteroatoms. The van der Waals surface area contributed by atoms with Gasteiger partial charge in [0.2, 0.25) is 11.8 Å². The van der Waals surface area contributed by atoms with Gasteiger partial charge in [-0.25, -0.2) is 9.78 Å². The maximum Gasteiger partial charge on any atom is 0.490 e. The van der Waals surface area contributed by atoms with Crippen LogP contribution in [-0.4, -0.2) is 69.4 Å². The average Bonchev–Trinajstić information content (AvgIpc) is 2.98. The minimum absolute atomic E-state index is 0.142. The van der Waals surface area contributed by atoms with Crippen molar-refractivity contribution in [3.63, 3.8) is 0 Å². The molecular weight excluding hydrogens is 573 g/mol. The van der Waals surface area contributed by atoms with Crippen LogP contribution in [0.5, 0.6) is 0 Å². The minimum atomic E-state index is -5.08. The maximum atomic E-state index is 12.8. The second kappa shape index (κ2) is 17.1. The summed E-state index contributed by atoms with van der Waals surface area (Å²) in [5, 5.41) is 34.4. The van der Waals surface area contributed by atoms with Crippen molar-refractivity contribution in [1.82, 2.24) is 15.6 Å². The van der Waals surface area contributed by atoms with Crippen molar-refractivity contribution >= 4 is 29.6 Å². The number of hydrogen-bond donors (Lipinski definition) is 6. The largest absolute Gasteiger partial charge is 0.490 e. The van der Waals surface area contributed by atoms with E-state index in [1.54, 1.807) is 24.4 Å². The standard InChI is InChI=1S/C27H30N4O5.C2HF3O2/c32-18-23(30-25(33)10-6-16-29-24-9-4-5-15-28-24)27(36)31-22(17-26(34)35)21-13-11-20(12-14-21)19-7-2-1-3-8-19;3-2(4,5)1(6)7/h1-5,7-9,11-15,22-23,32H,6,10,16-18H2,(H,28,29)(H,30,33)(H,31,36)(H,34,35);(H,6,7)/t22?,23-;/m1./s1.